The predicted molar refractivity (Wildman–Crippen MR) is 79.2 cm³/mol. The van der Waals surface area contributed by atoms with Crippen molar-refractivity contribution >= 4 is 5.69 Å². The van der Waals surface area contributed by atoms with E-state index in [0.717, 1.165) is 12.5 Å². The minimum Gasteiger partial charge on any atom is -0.374 e. The van der Waals surface area contributed by atoms with Gasteiger partial charge in [-0.1, -0.05) is 18.9 Å². The smallest absolute Gasteiger partial charge is 0.0366 e. The van der Waals surface area contributed by atoms with E-state index in [9.17, 15) is 0 Å². The summed E-state index contributed by atoms with van der Waals surface area (Å²) in [6, 6.07) is 6.84. The molecule has 1 aliphatic carbocycles. The van der Waals surface area contributed by atoms with Crippen molar-refractivity contribution in [1.82, 2.24) is 5.32 Å². The molecule has 0 aromatic heterocycles. The maximum Gasteiger partial charge on any atom is 0.0366 e. The van der Waals surface area contributed by atoms with E-state index in [1.54, 1.807) is 0 Å². The molecule has 0 aliphatic heterocycles. The number of nitrogens with one attached hydrogen (secondary N) is 1. The average molecular weight is 246 g/mol. The molecule has 0 amide bonds. The Bertz CT molecular complexity index is 381. The lowest BCUT2D eigenvalue weighted by Gasteiger charge is -2.24. The molecule has 0 heterocycles. The molecule has 1 saturated carbocycles. The molecular formula is C16H26N2. The van der Waals surface area contributed by atoms with Gasteiger partial charge in [-0.2, -0.15) is 0 Å². The van der Waals surface area contributed by atoms with Gasteiger partial charge >= 0.3 is 0 Å². The van der Waals surface area contributed by atoms with Gasteiger partial charge in [0.25, 0.3) is 0 Å². The van der Waals surface area contributed by atoms with Crippen LogP contribution in [0.3, 0.4) is 0 Å². The van der Waals surface area contributed by atoms with Gasteiger partial charge in [-0.3, -0.25) is 0 Å². The van der Waals surface area contributed by atoms with E-state index in [-0.39, 0.29) is 0 Å². The Morgan fingerprint density at radius 3 is 2.61 bits per heavy atom. The molecule has 2 rings (SSSR count). The molecule has 0 bridgehead atoms. The third-order valence-corrected chi connectivity index (χ3v) is 4.14. The van der Waals surface area contributed by atoms with E-state index in [1.807, 2.05) is 7.05 Å². The van der Waals surface area contributed by atoms with Crippen LogP contribution < -0.4 is 10.2 Å². The third kappa shape index (κ3) is 3.26. The Balaban J connectivity index is 2.01. The van der Waals surface area contributed by atoms with Crippen molar-refractivity contribution < 1.29 is 0 Å². The van der Waals surface area contributed by atoms with Gasteiger partial charge in [-0.05, 0) is 56.0 Å². The third-order valence-electron chi connectivity index (χ3n) is 4.14. The van der Waals surface area contributed by atoms with Crippen molar-refractivity contribution in [2.75, 3.05) is 25.5 Å². The summed E-state index contributed by atoms with van der Waals surface area (Å²) in [5.41, 5.74) is 4.15. The van der Waals surface area contributed by atoms with Crippen LogP contribution in [0.4, 0.5) is 5.69 Å². The van der Waals surface area contributed by atoms with Gasteiger partial charge in [0.2, 0.25) is 0 Å². The van der Waals surface area contributed by atoms with E-state index in [4.69, 9.17) is 0 Å². The van der Waals surface area contributed by atoms with Gasteiger partial charge in [0.05, 0.1) is 0 Å². The molecule has 0 saturated heterocycles. The van der Waals surface area contributed by atoms with Gasteiger partial charge in [-0.15, -0.1) is 0 Å². The van der Waals surface area contributed by atoms with Crippen LogP contribution in [0.2, 0.25) is 0 Å². The second-order valence-electron chi connectivity index (χ2n) is 5.67. The molecule has 18 heavy (non-hydrogen) atoms. The van der Waals surface area contributed by atoms with Crippen LogP contribution in [0.1, 0.15) is 36.8 Å². The Morgan fingerprint density at radius 2 is 2.00 bits per heavy atom. The molecule has 0 spiro atoms. The predicted octanol–water partition coefficient (Wildman–Crippen LogP) is 3.34. The molecule has 2 heteroatoms. The molecule has 1 aliphatic rings. The normalized spacial score (nSPS) is 16.2. The zero-order valence-corrected chi connectivity index (χ0v) is 12.0. The number of hydrogen-bond donors (Lipinski definition) is 1. The highest BCUT2D eigenvalue weighted by Crippen LogP contribution is 2.27. The summed E-state index contributed by atoms with van der Waals surface area (Å²) in [5, 5.41) is 3.22. The van der Waals surface area contributed by atoms with Crippen molar-refractivity contribution in [2.45, 2.75) is 39.2 Å². The van der Waals surface area contributed by atoms with E-state index in [0.29, 0.717) is 0 Å². The Kier molecular flexibility index (Phi) is 4.65. The van der Waals surface area contributed by atoms with E-state index in [2.05, 4.69) is 42.4 Å². The topological polar surface area (TPSA) is 15.3 Å². The molecule has 0 radical (unpaired) electrons. The van der Waals surface area contributed by atoms with Gasteiger partial charge in [-0.25, -0.2) is 0 Å². The van der Waals surface area contributed by atoms with Gasteiger partial charge in [0.1, 0.15) is 0 Å². The summed E-state index contributed by atoms with van der Waals surface area (Å²) < 4.78 is 0. The number of rotatable bonds is 5. The second-order valence-corrected chi connectivity index (χ2v) is 5.67. The van der Waals surface area contributed by atoms with E-state index < -0.39 is 0 Å². The lowest BCUT2D eigenvalue weighted by molar-refractivity contribution is 0.547. The molecule has 0 unspecified atom stereocenters. The van der Waals surface area contributed by atoms with Gasteiger partial charge in [0, 0.05) is 25.8 Å². The lowest BCUT2D eigenvalue weighted by atomic mass is 10.1. The first-order chi connectivity index (χ1) is 8.70. The standard InChI is InChI=1S/C16H26N2/c1-13-10-16(9-8-15(13)11-17-2)18(3)12-14-6-4-5-7-14/h8-10,14,17H,4-7,11-12H2,1-3H3. The van der Waals surface area contributed by atoms with Crippen LogP contribution in [0.25, 0.3) is 0 Å². The maximum absolute atomic E-state index is 3.22. The van der Waals surface area contributed by atoms with Gasteiger partial charge in [0.15, 0.2) is 0 Å². The van der Waals surface area contributed by atoms with Crippen LogP contribution in [0.5, 0.6) is 0 Å². The lowest BCUT2D eigenvalue weighted by Crippen LogP contribution is -2.24. The van der Waals surface area contributed by atoms with Crippen molar-refractivity contribution in [3.05, 3.63) is 29.3 Å². The average Bonchev–Trinajstić information content (AvgIpc) is 2.84. The van der Waals surface area contributed by atoms with Crippen molar-refractivity contribution in [3.63, 3.8) is 0 Å². The number of hydrogen-bond acceptors (Lipinski definition) is 2. The molecule has 2 nitrogen and oxygen atoms in total. The number of nitrogens with zero attached hydrogens (tertiary/aromatic N) is 1. The Labute approximate surface area is 111 Å². The highest BCUT2D eigenvalue weighted by Gasteiger charge is 2.17. The summed E-state index contributed by atoms with van der Waals surface area (Å²) in [6.45, 7) is 4.38. The van der Waals surface area contributed by atoms with Crippen molar-refractivity contribution in [1.29, 1.82) is 0 Å². The summed E-state index contributed by atoms with van der Waals surface area (Å²) >= 11 is 0. The number of anilines is 1. The summed E-state index contributed by atoms with van der Waals surface area (Å²) in [6.07, 6.45) is 5.69. The molecule has 1 aromatic carbocycles. The minimum absolute atomic E-state index is 0.910. The highest BCUT2D eigenvalue weighted by atomic mass is 15.1. The molecule has 1 aromatic rings. The largest absolute Gasteiger partial charge is 0.374 e. The van der Waals surface area contributed by atoms with Crippen LogP contribution in [-0.2, 0) is 6.54 Å². The van der Waals surface area contributed by atoms with Crippen LogP contribution in [-0.4, -0.2) is 20.6 Å². The Hall–Kier alpha value is -1.02. The Morgan fingerprint density at radius 1 is 1.28 bits per heavy atom. The first-order valence-electron chi connectivity index (χ1n) is 7.16. The zero-order chi connectivity index (χ0) is 13.0. The summed E-state index contributed by atoms with van der Waals surface area (Å²) in [5.74, 6) is 0.910. The molecular weight excluding hydrogens is 220 g/mol. The fraction of sp³-hybridized carbons (Fsp3) is 0.625. The van der Waals surface area contributed by atoms with Gasteiger partial charge < -0.3 is 10.2 Å². The van der Waals surface area contributed by atoms with Crippen LogP contribution in [0, 0.1) is 12.8 Å². The maximum atomic E-state index is 3.22. The minimum atomic E-state index is 0.910. The van der Waals surface area contributed by atoms with Crippen molar-refractivity contribution in [2.24, 2.45) is 5.92 Å². The SMILES string of the molecule is CNCc1ccc(N(C)CC2CCCC2)cc1C. The summed E-state index contributed by atoms with van der Waals surface area (Å²) in [4.78, 5) is 2.42. The van der Waals surface area contributed by atoms with E-state index in [1.165, 1.54) is 49.0 Å². The van der Waals surface area contributed by atoms with Crippen molar-refractivity contribution in [3.8, 4) is 0 Å². The molecule has 100 valence electrons. The fourth-order valence-electron chi connectivity index (χ4n) is 2.99. The summed E-state index contributed by atoms with van der Waals surface area (Å²) in [7, 11) is 4.23. The molecule has 0 atom stereocenters. The second kappa shape index (κ2) is 6.24. The van der Waals surface area contributed by atoms with Crippen LogP contribution in [0.15, 0.2) is 18.2 Å². The first-order valence-corrected chi connectivity index (χ1v) is 7.16. The molecule has 1 N–H and O–H groups in total. The van der Waals surface area contributed by atoms with Crippen LogP contribution >= 0.6 is 0 Å². The first kappa shape index (κ1) is 13.4. The number of benzene rings is 1. The number of aryl methyl sites for hydroxylation is 1. The highest BCUT2D eigenvalue weighted by molar-refractivity contribution is 5.50. The fourth-order valence-corrected chi connectivity index (χ4v) is 2.99. The molecule has 1 fully saturated rings. The quantitative estimate of drug-likeness (QED) is 0.857. The van der Waals surface area contributed by atoms with E-state index >= 15 is 0 Å². The monoisotopic (exact) mass is 246 g/mol. The zero-order valence-electron chi connectivity index (χ0n) is 12.0.